The van der Waals surface area contributed by atoms with E-state index in [2.05, 4.69) is 52.2 Å². The van der Waals surface area contributed by atoms with Crippen molar-refractivity contribution in [3.05, 3.63) is 59.4 Å². The largest absolute Gasteiger partial charge is 0.440 e. The van der Waals surface area contributed by atoms with Crippen molar-refractivity contribution < 1.29 is 4.42 Å². The summed E-state index contributed by atoms with van der Waals surface area (Å²) in [4.78, 5) is 14.9. The van der Waals surface area contributed by atoms with Crippen LogP contribution in [-0.4, -0.2) is 15.0 Å². The summed E-state index contributed by atoms with van der Waals surface area (Å²) in [6, 6.07) is 12.5. The van der Waals surface area contributed by atoms with Crippen LogP contribution in [0.4, 0.5) is 5.82 Å². The third kappa shape index (κ3) is 2.47. The zero-order valence-corrected chi connectivity index (χ0v) is 13.2. The Balaban J connectivity index is 1.80. The molecule has 3 heterocycles. The molecule has 0 saturated heterocycles. The van der Waals surface area contributed by atoms with E-state index in [0.717, 1.165) is 10.2 Å². The van der Waals surface area contributed by atoms with Crippen molar-refractivity contribution in [2.75, 3.05) is 5.73 Å². The van der Waals surface area contributed by atoms with Gasteiger partial charge in [0.1, 0.15) is 10.6 Å². The van der Waals surface area contributed by atoms with Gasteiger partial charge in [0.25, 0.3) is 0 Å². The fraction of sp³-hybridized carbons (Fsp3) is 0.118. The van der Waals surface area contributed by atoms with Crippen LogP contribution in [0.2, 0.25) is 0 Å². The first-order valence-corrected chi connectivity index (χ1v) is 8.05. The van der Waals surface area contributed by atoms with Crippen molar-refractivity contribution in [1.82, 2.24) is 15.0 Å². The maximum Gasteiger partial charge on any atom is 0.200 e. The lowest BCUT2D eigenvalue weighted by molar-refractivity contribution is 0.568. The fourth-order valence-corrected chi connectivity index (χ4v) is 3.64. The number of nitrogens with zero attached hydrogens (tertiary/aromatic N) is 3. The van der Waals surface area contributed by atoms with E-state index in [9.17, 15) is 0 Å². The van der Waals surface area contributed by atoms with Gasteiger partial charge >= 0.3 is 0 Å². The molecule has 1 aromatic carbocycles. The number of nitrogen functional groups attached to an aromatic ring is 1. The lowest BCUT2D eigenvalue weighted by Crippen LogP contribution is -1.95. The molecule has 0 spiro atoms. The van der Waals surface area contributed by atoms with Crippen molar-refractivity contribution in [3.8, 4) is 11.6 Å². The number of anilines is 1. The number of nitrogens with two attached hydrogens (primary N) is 1. The van der Waals surface area contributed by atoms with Gasteiger partial charge in [0.05, 0.1) is 11.6 Å². The highest BCUT2D eigenvalue weighted by Gasteiger charge is 2.16. The number of hydrogen-bond donors (Lipinski definition) is 1. The Hall–Kier alpha value is -2.73. The van der Waals surface area contributed by atoms with E-state index in [1.807, 2.05) is 6.07 Å². The van der Waals surface area contributed by atoms with Crippen LogP contribution >= 0.6 is 11.3 Å². The van der Waals surface area contributed by atoms with E-state index in [0.29, 0.717) is 17.4 Å². The second-order valence-electron chi connectivity index (χ2n) is 5.30. The number of benzene rings is 1. The van der Waals surface area contributed by atoms with E-state index >= 15 is 0 Å². The fourth-order valence-electron chi connectivity index (χ4n) is 2.52. The summed E-state index contributed by atoms with van der Waals surface area (Å²) >= 11 is 1.63. The van der Waals surface area contributed by atoms with Crippen LogP contribution in [0.5, 0.6) is 0 Å². The molecule has 5 nitrogen and oxygen atoms in total. The topological polar surface area (TPSA) is 77.8 Å². The quantitative estimate of drug-likeness (QED) is 0.615. The van der Waals surface area contributed by atoms with E-state index < -0.39 is 0 Å². The molecule has 0 fully saturated rings. The van der Waals surface area contributed by atoms with Crippen LogP contribution in [0.3, 0.4) is 0 Å². The average molecular weight is 322 g/mol. The molecule has 3 aromatic heterocycles. The van der Waals surface area contributed by atoms with Crippen LogP contribution in [-0.2, 0) is 0 Å². The van der Waals surface area contributed by atoms with E-state index in [-0.39, 0.29) is 5.92 Å². The maximum absolute atomic E-state index is 6.11. The second kappa shape index (κ2) is 5.48. The first-order valence-electron chi connectivity index (χ1n) is 7.23. The highest BCUT2D eigenvalue weighted by atomic mass is 32.1. The molecule has 23 heavy (non-hydrogen) atoms. The Morgan fingerprint density at radius 2 is 2.00 bits per heavy atom. The molecule has 0 bridgehead atoms. The smallest absolute Gasteiger partial charge is 0.200 e. The van der Waals surface area contributed by atoms with Crippen molar-refractivity contribution in [2.45, 2.75) is 12.8 Å². The first kappa shape index (κ1) is 13.9. The first-order chi connectivity index (χ1) is 11.2. The van der Waals surface area contributed by atoms with Crippen LogP contribution in [0.1, 0.15) is 23.3 Å². The summed E-state index contributed by atoms with van der Waals surface area (Å²) in [7, 11) is 0. The van der Waals surface area contributed by atoms with Gasteiger partial charge in [-0.2, -0.15) is 0 Å². The lowest BCUT2D eigenvalue weighted by atomic mass is 9.99. The monoisotopic (exact) mass is 322 g/mol. The predicted octanol–water partition coefficient (Wildman–Crippen LogP) is 4.08. The molecule has 2 N–H and O–H groups in total. The molecular weight excluding hydrogens is 308 g/mol. The summed E-state index contributed by atoms with van der Waals surface area (Å²) in [6.45, 7) is 2.18. The molecular formula is C17H14N4OS. The molecule has 0 radical (unpaired) electrons. The van der Waals surface area contributed by atoms with Gasteiger partial charge in [-0.1, -0.05) is 37.3 Å². The summed E-state index contributed by atoms with van der Waals surface area (Å²) in [5, 5.41) is 0.885. The standard InChI is InChI=1S/C17H14N4OS/c1-10(11-5-3-2-4-6-11)14-7-12-15(18)20-16(21-17(12)23-14)13-8-19-9-22-13/h2-10H,1H3,(H2,18,20,21). The molecule has 4 aromatic rings. The van der Waals surface area contributed by atoms with Crippen molar-refractivity contribution >= 4 is 27.4 Å². The van der Waals surface area contributed by atoms with Gasteiger partial charge in [0, 0.05) is 10.8 Å². The SMILES string of the molecule is CC(c1ccccc1)c1cc2c(N)nc(-c3cnco3)nc2s1. The van der Waals surface area contributed by atoms with Crippen molar-refractivity contribution in [1.29, 1.82) is 0 Å². The molecule has 0 aliphatic rings. The Morgan fingerprint density at radius 3 is 2.74 bits per heavy atom. The Morgan fingerprint density at radius 1 is 1.17 bits per heavy atom. The van der Waals surface area contributed by atoms with E-state index in [4.69, 9.17) is 10.2 Å². The van der Waals surface area contributed by atoms with E-state index in [1.165, 1.54) is 16.8 Å². The number of hydrogen-bond acceptors (Lipinski definition) is 6. The zero-order valence-electron chi connectivity index (χ0n) is 12.4. The minimum Gasteiger partial charge on any atom is -0.440 e. The van der Waals surface area contributed by atoms with Gasteiger partial charge in [-0.3, -0.25) is 0 Å². The number of fused-ring (bicyclic) bond motifs is 1. The van der Waals surface area contributed by atoms with Gasteiger partial charge in [-0.25, -0.2) is 15.0 Å². The van der Waals surface area contributed by atoms with Gasteiger partial charge in [0.2, 0.25) is 5.82 Å². The summed E-state index contributed by atoms with van der Waals surface area (Å²) in [6.07, 6.45) is 2.94. The Kier molecular flexibility index (Phi) is 3.31. The van der Waals surface area contributed by atoms with Gasteiger partial charge in [0.15, 0.2) is 12.2 Å². The lowest BCUT2D eigenvalue weighted by Gasteiger charge is -2.08. The summed E-state index contributed by atoms with van der Waals surface area (Å²) in [5.74, 6) is 1.73. The predicted molar refractivity (Wildman–Crippen MR) is 91.3 cm³/mol. The number of aromatic nitrogens is 3. The molecule has 114 valence electrons. The third-order valence-corrected chi connectivity index (χ3v) is 5.03. The van der Waals surface area contributed by atoms with Crippen molar-refractivity contribution in [2.24, 2.45) is 0 Å². The minimum absolute atomic E-state index is 0.281. The number of rotatable bonds is 3. The highest BCUT2D eigenvalue weighted by molar-refractivity contribution is 7.18. The van der Waals surface area contributed by atoms with Gasteiger partial charge in [-0.15, -0.1) is 11.3 Å². The van der Waals surface area contributed by atoms with Crippen LogP contribution in [0.15, 0.2) is 53.4 Å². The molecule has 0 saturated carbocycles. The van der Waals surface area contributed by atoms with Gasteiger partial charge < -0.3 is 10.2 Å². The number of oxazole rings is 1. The maximum atomic E-state index is 6.11. The zero-order chi connectivity index (χ0) is 15.8. The Bertz CT molecular complexity index is 948. The van der Waals surface area contributed by atoms with Crippen molar-refractivity contribution in [3.63, 3.8) is 0 Å². The molecule has 0 aliphatic heterocycles. The highest BCUT2D eigenvalue weighted by Crippen LogP contribution is 2.36. The van der Waals surface area contributed by atoms with Gasteiger partial charge in [-0.05, 0) is 11.6 Å². The molecule has 0 aliphatic carbocycles. The van der Waals surface area contributed by atoms with Crippen LogP contribution in [0, 0.1) is 0 Å². The van der Waals surface area contributed by atoms with Crippen LogP contribution < -0.4 is 5.73 Å². The molecule has 6 heteroatoms. The molecule has 4 rings (SSSR count). The number of thiophene rings is 1. The second-order valence-corrected chi connectivity index (χ2v) is 6.36. The average Bonchev–Trinajstić information content (AvgIpc) is 3.24. The summed E-state index contributed by atoms with van der Waals surface area (Å²) in [5.41, 5.74) is 7.37. The Labute approximate surface area is 136 Å². The van der Waals surface area contributed by atoms with Crippen LogP contribution in [0.25, 0.3) is 21.8 Å². The molecule has 1 atom stereocenters. The third-order valence-electron chi connectivity index (χ3n) is 3.82. The van der Waals surface area contributed by atoms with E-state index in [1.54, 1.807) is 17.5 Å². The molecule has 1 unspecified atom stereocenters. The minimum atomic E-state index is 0.281. The molecule has 0 amide bonds. The normalized spacial score (nSPS) is 12.6. The summed E-state index contributed by atoms with van der Waals surface area (Å²) < 4.78 is 5.26.